The third-order valence-corrected chi connectivity index (χ3v) is 3.59. The molecule has 0 amide bonds. The summed E-state index contributed by atoms with van der Waals surface area (Å²) in [7, 11) is -3.63. The highest BCUT2D eigenvalue weighted by Gasteiger charge is 2.14. The Hall–Kier alpha value is -1.67. The number of aliphatic carboxylic acids is 1. The molecule has 0 aromatic carbocycles. The van der Waals surface area contributed by atoms with E-state index in [1.807, 2.05) is 13.8 Å². The zero-order valence-electron chi connectivity index (χ0n) is 11.4. The monoisotopic (exact) mass is 302 g/mol. The maximum absolute atomic E-state index is 11.6. The number of hydrogen-bond acceptors (Lipinski definition) is 5. The number of carboxylic acids is 1. The van der Waals surface area contributed by atoms with Crippen molar-refractivity contribution in [3.8, 4) is 5.88 Å². The van der Waals surface area contributed by atoms with Gasteiger partial charge in [-0.1, -0.05) is 6.07 Å². The van der Waals surface area contributed by atoms with Crippen molar-refractivity contribution in [2.45, 2.75) is 32.9 Å². The summed E-state index contributed by atoms with van der Waals surface area (Å²) in [5, 5.41) is 8.48. The minimum Gasteiger partial charge on any atom is -0.481 e. The Kier molecular flexibility index (Phi) is 5.90. The van der Waals surface area contributed by atoms with Gasteiger partial charge in [0, 0.05) is 18.3 Å². The Labute approximate surface area is 118 Å². The Morgan fingerprint density at radius 3 is 2.80 bits per heavy atom. The standard InChI is InChI=1S/C12H18N2O5S/c1-9(2)19-12-10(4-3-6-13-12)8-14-20(17,18)7-5-11(15)16/h3-4,6,9,14H,5,7-8H2,1-2H3,(H,15,16). The molecule has 0 saturated carbocycles. The van der Waals surface area contributed by atoms with Crippen molar-refractivity contribution in [2.24, 2.45) is 0 Å². The van der Waals surface area contributed by atoms with Crippen LogP contribution in [0.3, 0.4) is 0 Å². The Morgan fingerprint density at radius 1 is 1.50 bits per heavy atom. The van der Waals surface area contributed by atoms with E-state index < -0.39 is 28.2 Å². The van der Waals surface area contributed by atoms with Crippen LogP contribution in [-0.2, 0) is 21.4 Å². The molecule has 1 heterocycles. The van der Waals surface area contributed by atoms with Crippen LogP contribution < -0.4 is 9.46 Å². The summed E-state index contributed by atoms with van der Waals surface area (Å²) in [6.07, 6.45) is 1.05. The van der Waals surface area contributed by atoms with Gasteiger partial charge in [0.2, 0.25) is 15.9 Å². The van der Waals surface area contributed by atoms with Gasteiger partial charge in [0.25, 0.3) is 0 Å². The zero-order valence-corrected chi connectivity index (χ0v) is 12.2. The zero-order chi connectivity index (χ0) is 15.2. The largest absolute Gasteiger partial charge is 0.481 e. The van der Waals surface area contributed by atoms with Gasteiger partial charge in [-0.15, -0.1) is 0 Å². The molecule has 0 atom stereocenters. The molecule has 0 saturated heterocycles. The van der Waals surface area contributed by atoms with Gasteiger partial charge in [-0.05, 0) is 19.9 Å². The average Bonchev–Trinajstić information content (AvgIpc) is 2.35. The summed E-state index contributed by atoms with van der Waals surface area (Å²) in [6, 6.07) is 3.37. The molecule has 8 heteroatoms. The van der Waals surface area contributed by atoms with E-state index in [-0.39, 0.29) is 12.6 Å². The summed E-state index contributed by atoms with van der Waals surface area (Å²) < 4.78 is 31.0. The van der Waals surface area contributed by atoms with Crippen molar-refractivity contribution >= 4 is 16.0 Å². The van der Waals surface area contributed by atoms with Gasteiger partial charge in [-0.3, -0.25) is 4.79 Å². The van der Waals surface area contributed by atoms with Crippen molar-refractivity contribution in [3.63, 3.8) is 0 Å². The van der Waals surface area contributed by atoms with Crippen LogP contribution in [0.1, 0.15) is 25.8 Å². The highest BCUT2D eigenvalue weighted by molar-refractivity contribution is 7.89. The quantitative estimate of drug-likeness (QED) is 0.734. The molecular formula is C12H18N2O5S. The molecule has 0 radical (unpaired) electrons. The molecular weight excluding hydrogens is 284 g/mol. The molecule has 2 N–H and O–H groups in total. The molecule has 0 fully saturated rings. The first-order valence-electron chi connectivity index (χ1n) is 6.10. The highest BCUT2D eigenvalue weighted by atomic mass is 32.2. The smallest absolute Gasteiger partial charge is 0.304 e. The lowest BCUT2D eigenvalue weighted by Crippen LogP contribution is -2.27. The van der Waals surface area contributed by atoms with Crippen LogP contribution in [0.4, 0.5) is 0 Å². The minimum absolute atomic E-state index is 0.0118. The van der Waals surface area contributed by atoms with Gasteiger partial charge < -0.3 is 9.84 Å². The van der Waals surface area contributed by atoms with E-state index in [1.165, 1.54) is 0 Å². The van der Waals surface area contributed by atoms with Gasteiger partial charge >= 0.3 is 5.97 Å². The number of nitrogens with one attached hydrogen (secondary N) is 1. The van der Waals surface area contributed by atoms with Crippen molar-refractivity contribution in [2.75, 3.05) is 5.75 Å². The number of carbonyl (C=O) groups is 1. The number of sulfonamides is 1. The fourth-order valence-electron chi connectivity index (χ4n) is 1.37. The van der Waals surface area contributed by atoms with Crippen LogP contribution in [0.5, 0.6) is 5.88 Å². The fraction of sp³-hybridized carbons (Fsp3) is 0.500. The van der Waals surface area contributed by atoms with Crippen LogP contribution in [-0.4, -0.2) is 36.3 Å². The molecule has 1 rings (SSSR count). The van der Waals surface area contributed by atoms with Crippen LogP contribution in [0.15, 0.2) is 18.3 Å². The summed E-state index contributed by atoms with van der Waals surface area (Å²) in [4.78, 5) is 14.4. The number of hydrogen-bond donors (Lipinski definition) is 2. The predicted octanol–water partition coefficient (Wildman–Crippen LogP) is 0.763. The first-order valence-corrected chi connectivity index (χ1v) is 7.75. The second kappa shape index (κ2) is 7.20. The van der Waals surface area contributed by atoms with E-state index in [0.29, 0.717) is 11.4 Å². The molecule has 20 heavy (non-hydrogen) atoms. The maximum atomic E-state index is 11.6. The van der Waals surface area contributed by atoms with Gasteiger partial charge in [0.1, 0.15) is 0 Å². The van der Waals surface area contributed by atoms with Crippen LogP contribution in [0, 0.1) is 0 Å². The normalized spacial score (nSPS) is 11.6. The van der Waals surface area contributed by atoms with E-state index >= 15 is 0 Å². The van der Waals surface area contributed by atoms with Gasteiger partial charge in [-0.25, -0.2) is 18.1 Å². The third-order valence-electron chi connectivity index (χ3n) is 2.26. The second-order valence-corrected chi connectivity index (χ2v) is 6.34. The van der Waals surface area contributed by atoms with Crippen LogP contribution in [0.25, 0.3) is 0 Å². The molecule has 0 bridgehead atoms. The molecule has 0 aliphatic rings. The van der Waals surface area contributed by atoms with E-state index in [1.54, 1.807) is 18.3 Å². The van der Waals surface area contributed by atoms with Crippen molar-refractivity contribution < 1.29 is 23.1 Å². The fourth-order valence-corrected chi connectivity index (χ4v) is 2.33. The van der Waals surface area contributed by atoms with Crippen LogP contribution in [0.2, 0.25) is 0 Å². The number of nitrogens with zero attached hydrogens (tertiary/aromatic N) is 1. The van der Waals surface area contributed by atoms with Crippen LogP contribution >= 0.6 is 0 Å². The van der Waals surface area contributed by atoms with Gasteiger partial charge in [-0.2, -0.15) is 0 Å². The van der Waals surface area contributed by atoms with Crippen molar-refractivity contribution in [1.82, 2.24) is 9.71 Å². The Morgan fingerprint density at radius 2 is 2.20 bits per heavy atom. The molecule has 1 aromatic heterocycles. The van der Waals surface area contributed by atoms with E-state index in [2.05, 4.69) is 9.71 Å². The topological polar surface area (TPSA) is 106 Å². The lowest BCUT2D eigenvalue weighted by molar-refractivity contribution is -0.136. The molecule has 1 aromatic rings. The van der Waals surface area contributed by atoms with E-state index in [4.69, 9.17) is 9.84 Å². The lowest BCUT2D eigenvalue weighted by Gasteiger charge is -2.13. The molecule has 112 valence electrons. The molecule has 0 aliphatic heterocycles. The molecule has 0 unspecified atom stereocenters. The number of carboxylic acid groups (broad SMARTS) is 1. The summed E-state index contributed by atoms with van der Waals surface area (Å²) in [5.74, 6) is -1.24. The predicted molar refractivity (Wildman–Crippen MR) is 72.9 cm³/mol. The molecule has 0 aliphatic carbocycles. The summed E-state index contributed by atoms with van der Waals surface area (Å²) >= 11 is 0. The minimum atomic E-state index is -3.63. The second-order valence-electron chi connectivity index (χ2n) is 4.42. The van der Waals surface area contributed by atoms with Gasteiger partial charge in [0.15, 0.2) is 0 Å². The SMILES string of the molecule is CC(C)Oc1ncccc1CNS(=O)(=O)CCC(=O)O. The van der Waals surface area contributed by atoms with E-state index in [0.717, 1.165) is 0 Å². The number of rotatable bonds is 8. The van der Waals surface area contributed by atoms with Gasteiger partial charge in [0.05, 0.1) is 18.3 Å². The Bertz CT molecular complexity index is 557. The first-order chi connectivity index (χ1) is 9.30. The lowest BCUT2D eigenvalue weighted by atomic mass is 10.3. The summed E-state index contributed by atoms with van der Waals surface area (Å²) in [5.41, 5.74) is 0.597. The first kappa shape index (κ1) is 16.4. The molecule has 7 nitrogen and oxygen atoms in total. The Balaban J connectivity index is 2.67. The average molecular weight is 302 g/mol. The van der Waals surface area contributed by atoms with Crippen molar-refractivity contribution in [3.05, 3.63) is 23.9 Å². The maximum Gasteiger partial charge on any atom is 0.304 e. The number of ether oxygens (including phenoxy) is 1. The highest BCUT2D eigenvalue weighted by Crippen LogP contribution is 2.15. The summed E-state index contributed by atoms with van der Waals surface area (Å²) in [6.45, 7) is 3.70. The third kappa shape index (κ3) is 5.98. The number of pyridine rings is 1. The van der Waals surface area contributed by atoms with E-state index in [9.17, 15) is 13.2 Å². The number of aromatic nitrogens is 1. The van der Waals surface area contributed by atoms with Crippen molar-refractivity contribution in [1.29, 1.82) is 0 Å². The molecule has 0 spiro atoms.